The second-order valence-electron chi connectivity index (χ2n) is 6.81. The number of anilines is 2. The predicted molar refractivity (Wildman–Crippen MR) is 102 cm³/mol. The Balaban J connectivity index is 1.81. The summed E-state index contributed by atoms with van der Waals surface area (Å²) in [5, 5.41) is 2.87. The van der Waals surface area contributed by atoms with Crippen molar-refractivity contribution in [3.63, 3.8) is 0 Å². The van der Waals surface area contributed by atoms with E-state index in [2.05, 4.69) is 17.4 Å². The Morgan fingerprint density at radius 2 is 1.92 bits per heavy atom. The van der Waals surface area contributed by atoms with E-state index in [1.165, 1.54) is 5.56 Å². The molecule has 5 heteroatoms. The highest BCUT2D eigenvalue weighted by Crippen LogP contribution is 2.36. The van der Waals surface area contributed by atoms with Gasteiger partial charge in [-0.3, -0.25) is 9.59 Å². The lowest BCUT2D eigenvalue weighted by atomic mass is 10.1. The average Bonchev–Trinajstić information content (AvgIpc) is 2.63. The SMILES string of the molecule is CC(C)C(=O)Nc1ccc2c(c1)OC(C)C(=O)N2CCc1ccccc1. The summed E-state index contributed by atoms with van der Waals surface area (Å²) < 4.78 is 5.77. The van der Waals surface area contributed by atoms with Gasteiger partial charge >= 0.3 is 0 Å². The molecule has 1 unspecified atom stereocenters. The van der Waals surface area contributed by atoms with Crippen LogP contribution in [0.15, 0.2) is 48.5 Å². The number of nitrogens with one attached hydrogen (secondary N) is 1. The van der Waals surface area contributed by atoms with Gasteiger partial charge in [0.15, 0.2) is 6.10 Å². The van der Waals surface area contributed by atoms with Crippen molar-refractivity contribution >= 4 is 23.2 Å². The van der Waals surface area contributed by atoms with E-state index in [0.29, 0.717) is 18.0 Å². The summed E-state index contributed by atoms with van der Waals surface area (Å²) in [5.74, 6) is 0.416. The number of rotatable bonds is 5. The molecule has 0 aliphatic carbocycles. The van der Waals surface area contributed by atoms with Crippen molar-refractivity contribution in [3.05, 3.63) is 54.1 Å². The van der Waals surface area contributed by atoms with Crippen molar-refractivity contribution in [2.45, 2.75) is 33.3 Å². The average molecular weight is 352 g/mol. The minimum Gasteiger partial charge on any atom is -0.479 e. The van der Waals surface area contributed by atoms with Crippen LogP contribution in [0, 0.1) is 5.92 Å². The van der Waals surface area contributed by atoms with Gasteiger partial charge in [0, 0.05) is 24.2 Å². The van der Waals surface area contributed by atoms with Gasteiger partial charge < -0.3 is 15.0 Å². The number of hydrogen-bond acceptors (Lipinski definition) is 3. The van der Waals surface area contributed by atoms with Gasteiger partial charge in [0.25, 0.3) is 5.91 Å². The molecule has 0 bridgehead atoms. The fraction of sp³-hybridized carbons (Fsp3) is 0.333. The zero-order valence-corrected chi connectivity index (χ0v) is 15.4. The van der Waals surface area contributed by atoms with Crippen molar-refractivity contribution in [3.8, 4) is 5.75 Å². The third kappa shape index (κ3) is 3.87. The highest BCUT2D eigenvalue weighted by molar-refractivity contribution is 6.00. The summed E-state index contributed by atoms with van der Waals surface area (Å²) in [6.45, 7) is 6.02. The summed E-state index contributed by atoms with van der Waals surface area (Å²) in [5.41, 5.74) is 2.60. The van der Waals surface area contributed by atoms with Gasteiger partial charge in [-0.25, -0.2) is 0 Å². The first kappa shape index (κ1) is 18.0. The molecule has 0 fully saturated rings. The van der Waals surface area contributed by atoms with Crippen molar-refractivity contribution in [1.29, 1.82) is 0 Å². The molecule has 0 aromatic heterocycles. The van der Waals surface area contributed by atoms with Crippen LogP contribution < -0.4 is 15.0 Å². The Morgan fingerprint density at radius 1 is 1.19 bits per heavy atom. The largest absolute Gasteiger partial charge is 0.479 e. The van der Waals surface area contributed by atoms with Gasteiger partial charge in [-0.2, -0.15) is 0 Å². The normalized spacial score (nSPS) is 16.2. The fourth-order valence-electron chi connectivity index (χ4n) is 2.89. The number of amides is 2. The zero-order chi connectivity index (χ0) is 18.7. The van der Waals surface area contributed by atoms with E-state index in [1.807, 2.05) is 38.1 Å². The van der Waals surface area contributed by atoms with Gasteiger partial charge in [-0.15, -0.1) is 0 Å². The van der Waals surface area contributed by atoms with E-state index in [0.717, 1.165) is 12.1 Å². The smallest absolute Gasteiger partial charge is 0.267 e. The number of carbonyl (C=O) groups excluding carboxylic acids is 2. The Hall–Kier alpha value is -2.82. The molecule has 1 heterocycles. The van der Waals surface area contributed by atoms with Crippen molar-refractivity contribution < 1.29 is 14.3 Å². The molecule has 136 valence electrons. The van der Waals surface area contributed by atoms with E-state index in [4.69, 9.17) is 4.74 Å². The molecule has 0 saturated heterocycles. The standard InChI is InChI=1S/C21H24N2O3/c1-14(2)20(24)22-17-9-10-18-19(13-17)26-15(3)21(25)23(18)12-11-16-7-5-4-6-8-16/h4-10,13-15H,11-12H2,1-3H3,(H,22,24). The van der Waals surface area contributed by atoms with Crippen LogP contribution in [0.1, 0.15) is 26.3 Å². The second kappa shape index (κ2) is 7.60. The zero-order valence-electron chi connectivity index (χ0n) is 15.4. The maximum atomic E-state index is 12.6. The maximum absolute atomic E-state index is 12.6. The van der Waals surface area contributed by atoms with Crippen molar-refractivity contribution in [2.75, 3.05) is 16.8 Å². The highest BCUT2D eigenvalue weighted by atomic mass is 16.5. The summed E-state index contributed by atoms with van der Waals surface area (Å²) in [4.78, 5) is 26.3. The molecular formula is C21H24N2O3. The highest BCUT2D eigenvalue weighted by Gasteiger charge is 2.31. The molecular weight excluding hydrogens is 328 g/mol. The molecule has 3 rings (SSSR count). The molecule has 0 spiro atoms. The molecule has 1 aliphatic rings. The van der Waals surface area contributed by atoms with E-state index in [1.54, 1.807) is 24.0 Å². The Morgan fingerprint density at radius 3 is 2.62 bits per heavy atom. The van der Waals surface area contributed by atoms with Crippen LogP contribution in [0.3, 0.4) is 0 Å². The Labute approximate surface area is 154 Å². The van der Waals surface area contributed by atoms with Crippen LogP contribution in [0.5, 0.6) is 5.75 Å². The van der Waals surface area contributed by atoms with E-state index in [9.17, 15) is 9.59 Å². The lowest BCUT2D eigenvalue weighted by Gasteiger charge is -2.33. The van der Waals surface area contributed by atoms with Crippen molar-refractivity contribution in [1.82, 2.24) is 0 Å². The lowest BCUT2D eigenvalue weighted by molar-refractivity contribution is -0.125. The molecule has 2 aromatic carbocycles. The Kier molecular flexibility index (Phi) is 5.26. The molecule has 0 radical (unpaired) electrons. The summed E-state index contributed by atoms with van der Waals surface area (Å²) in [7, 11) is 0. The van der Waals surface area contributed by atoms with Crippen LogP contribution in [0.2, 0.25) is 0 Å². The molecule has 1 atom stereocenters. The van der Waals surface area contributed by atoms with Crippen LogP contribution in [-0.4, -0.2) is 24.5 Å². The molecule has 1 N–H and O–H groups in total. The van der Waals surface area contributed by atoms with Crippen LogP contribution in [-0.2, 0) is 16.0 Å². The topological polar surface area (TPSA) is 58.6 Å². The number of nitrogens with zero attached hydrogens (tertiary/aromatic N) is 1. The van der Waals surface area contributed by atoms with Gasteiger partial charge in [-0.05, 0) is 31.0 Å². The van der Waals surface area contributed by atoms with Gasteiger partial charge in [0.05, 0.1) is 5.69 Å². The molecule has 2 amide bonds. The molecule has 26 heavy (non-hydrogen) atoms. The fourth-order valence-corrected chi connectivity index (χ4v) is 2.89. The van der Waals surface area contributed by atoms with Gasteiger partial charge in [-0.1, -0.05) is 44.2 Å². The van der Waals surface area contributed by atoms with Crippen molar-refractivity contribution in [2.24, 2.45) is 5.92 Å². The number of ether oxygens (including phenoxy) is 1. The van der Waals surface area contributed by atoms with E-state index < -0.39 is 6.10 Å². The number of benzene rings is 2. The second-order valence-corrected chi connectivity index (χ2v) is 6.81. The third-order valence-electron chi connectivity index (χ3n) is 4.43. The quantitative estimate of drug-likeness (QED) is 0.894. The van der Waals surface area contributed by atoms with Gasteiger partial charge in [0.2, 0.25) is 5.91 Å². The first-order chi connectivity index (χ1) is 12.5. The molecule has 2 aromatic rings. The molecule has 1 aliphatic heterocycles. The monoisotopic (exact) mass is 352 g/mol. The predicted octanol–water partition coefficient (Wildman–Crippen LogP) is 3.64. The van der Waals surface area contributed by atoms with E-state index >= 15 is 0 Å². The number of carbonyl (C=O) groups is 2. The first-order valence-corrected chi connectivity index (χ1v) is 8.92. The maximum Gasteiger partial charge on any atom is 0.267 e. The number of hydrogen-bond donors (Lipinski definition) is 1. The minimum atomic E-state index is -0.547. The molecule has 5 nitrogen and oxygen atoms in total. The van der Waals surface area contributed by atoms with E-state index in [-0.39, 0.29) is 17.7 Å². The molecule has 0 saturated carbocycles. The van der Waals surface area contributed by atoms with Gasteiger partial charge in [0.1, 0.15) is 5.75 Å². The summed E-state index contributed by atoms with van der Waals surface area (Å²) in [6, 6.07) is 15.5. The summed E-state index contributed by atoms with van der Waals surface area (Å²) >= 11 is 0. The van der Waals surface area contributed by atoms with Crippen LogP contribution in [0.4, 0.5) is 11.4 Å². The summed E-state index contributed by atoms with van der Waals surface area (Å²) in [6.07, 6.45) is 0.222. The third-order valence-corrected chi connectivity index (χ3v) is 4.43. The number of fused-ring (bicyclic) bond motifs is 1. The van der Waals surface area contributed by atoms with Crippen LogP contribution in [0.25, 0.3) is 0 Å². The minimum absolute atomic E-state index is 0.0487. The van der Waals surface area contributed by atoms with Crippen LogP contribution >= 0.6 is 0 Å². The lowest BCUT2D eigenvalue weighted by Crippen LogP contribution is -2.45. The Bertz CT molecular complexity index is 802. The first-order valence-electron chi connectivity index (χ1n) is 8.92.